The summed E-state index contributed by atoms with van der Waals surface area (Å²) in [6, 6.07) is 0.303. The minimum atomic E-state index is -0.0719. The lowest BCUT2D eigenvalue weighted by Gasteiger charge is -2.31. The second-order valence-electron chi connectivity index (χ2n) is 5.37. The highest BCUT2D eigenvalue weighted by Gasteiger charge is 2.26. The van der Waals surface area contributed by atoms with Gasteiger partial charge in [-0.05, 0) is 25.2 Å². The lowest BCUT2D eigenvalue weighted by molar-refractivity contribution is 0.0903. The zero-order valence-electron chi connectivity index (χ0n) is 12.3. The van der Waals surface area contributed by atoms with Crippen LogP contribution in [0.1, 0.15) is 62.2 Å². The van der Waals surface area contributed by atoms with Crippen molar-refractivity contribution in [2.45, 2.75) is 58.4 Å². The van der Waals surface area contributed by atoms with Crippen molar-refractivity contribution < 1.29 is 4.79 Å². The van der Waals surface area contributed by atoms with Crippen molar-refractivity contribution in [3.8, 4) is 0 Å². The number of amides is 1. The molecule has 0 bridgehead atoms. The molecule has 2 unspecified atom stereocenters. The maximum Gasteiger partial charge on any atom is 0.282 e. The van der Waals surface area contributed by atoms with Gasteiger partial charge in [0.05, 0.1) is 0 Å². The molecule has 2 N–H and O–H groups in total. The Hall–Kier alpha value is -1.17. The summed E-state index contributed by atoms with van der Waals surface area (Å²) in [5.41, 5.74) is 0. The van der Waals surface area contributed by atoms with Crippen LogP contribution in [-0.2, 0) is 0 Å². The second kappa shape index (κ2) is 7.57. The quantitative estimate of drug-likeness (QED) is 0.846. The number of carbonyl (C=O) groups is 1. The van der Waals surface area contributed by atoms with E-state index in [0.29, 0.717) is 17.0 Å². The molecule has 0 radical (unpaired) electrons. The Labute approximate surface area is 124 Å². The van der Waals surface area contributed by atoms with Gasteiger partial charge in [-0.3, -0.25) is 4.79 Å². The minimum absolute atomic E-state index is 0.0719. The van der Waals surface area contributed by atoms with Crippen LogP contribution < -0.4 is 10.6 Å². The Bertz CT molecular complexity index is 435. The summed E-state index contributed by atoms with van der Waals surface area (Å²) >= 11 is 1.33. The summed E-state index contributed by atoms with van der Waals surface area (Å²) in [6.07, 6.45) is 6.96. The maximum atomic E-state index is 12.2. The van der Waals surface area contributed by atoms with E-state index in [1.54, 1.807) is 0 Å². The predicted octanol–water partition coefficient (Wildman–Crippen LogP) is 3.06. The van der Waals surface area contributed by atoms with Crippen LogP contribution >= 0.6 is 11.3 Å². The highest BCUT2D eigenvalue weighted by Crippen LogP contribution is 2.27. The third-order valence-electron chi connectivity index (χ3n) is 3.90. The Morgan fingerprint density at radius 2 is 2.10 bits per heavy atom. The van der Waals surface area contributed by atoms with E-state index < -0.39 is 0 Å². The van der Waals surface area contributed by atoms with Gasteiger partial charge in [0, 0.05) is 12.6 Å². The van der Waals surface area contributed by atoms with Gasteiger partial charge in [0.2, 0.25) is 10.1 Å². The molecule has 1 aliphatic carbocycles. The molecule has 1 aliphatic rings. The van der Waals surface area contributed by atoms with Gasteiger partial charge in [-0.25, -0.2) is 0 Å². The summed E-state index contributed by atoms with van der Waals surface area (Å²) < 4.78 is 0. The van der Waals surface area contributed by atoms with Crippen LogP contribution in [0, 0.1) is 5.92 Å². The van der Waals surface area contributed by atoms with E-state index in [9.17, 15) is 4.79 Å². The summed E-state index contributed by atoms with van der Waals surface area (Å²) in [4.78, 5) is 12.2. The second-order valence-corrected chi connectivity index (χ2v) is 6.35. The van der Waals surface area contributed by atoms with Crippen LogP contribution in [0.15, 0.2) is 0 Å². The van der Waals surface area contributed by atoms with Crippen molar-refractivity contribution in [2.75, 3.05) is 11.9 Å². The van der Waals surface area contributed by atoms with Gasteiger partial charge in [0.25, 0.3) is 5.91 Å². The van der Waals surface area contributed by atoms with Gasteiger partial charge in [-0.1, -0.05) is 44.4 Å². The van der Waals surface area contributed by atoms with Crippen LogP contribution in [0.4, 0.5) is 5.13 Å². The molecule has 1 amide bonds. The fourth-order valence-corrected chi connectivity index (χ4v) is 3.41. The van der Waals surface area contributed by atoms with Crippen LogP contribution in [-0.4, -0.2) is 28.7 Å². The van der Waals surface area contributed by atoms with Crippen molar-refractivity contribution in [1.82, 2.24) is 15.5 Å². The Morgan fingerprint density at radius 1 is 1.30 bits per heavy atom. The van der Waals surface area contributed by atoms with Crippen molar-refractivity contribution in [3.05, 3.63) is 5.01 Å². The summed E-state index contributed by atoms with van der Waals surface area (Å²) in [7, 11) is 0. The zero-order chi connectivity index (χ0) is 14.4. The van der Waals surface area contributed by atoms with Crippen LogP contribution in [0.25, 0.3) is 0 Å². The molecule has 112 valence electrons. The van der Waals surface area contributed by atoms with Crippen LogP contribution in [0.5, 0.6) is 0 Å². The molecule has 1 fully saturated rings. The van der Waals surface area contributed by atoms with Crippen molar-refractivity contribution in [2.24, 2.45) is 5.92 Å². The summed E-state index contributed by atoms with van der Waals surface area (Å²) in [5, 5.41) is 15.5. The summed E-state index contributed by atoms with van der Waals surface area (Å²) in [5.74, 6) is 0.538. The van der Waals surface area contributed by atoms with Crippen LogP contribution in [0.3, 0.4) is 0 Å². The SMILES string of the molecule is CCCNc1nnc(C(=O)NC2CCCCC2CC)s1. The van der Waals surface area contributed by atoms with Gasteiger partial charge in [-0.2, -0.15) is 0 Å². The number of hydrogen-bond acceptors (Lipinski definition) is 5. The average molecular weight is 296 g/mol. The molecule has 1 aromatic heterocycles. The number of aromatic nitrogens is 2. The van der Waals surface area contributed by atoms with Crippen LogP contribution in [0.2, 0.25) is 0 Å². The number of nitrogens with one attached hydrogen (secondary N) is 2. The smallest absolute Gasteiger partial charge is 0.282 e. The number of anilines is 1. The molecule has 20 heavy (non-hydrogen) atoms. The van der Waals surface area contributed by atoms with E-state index in [4.69, 9.17) is 0 Å². The van der Waals surface area contributed by atoms with E-state index in [1.165, 1.54) is 30.6 Å². The molecule has 0 spiro atoms. The van der Waals surface area contributed by atoms with Crippen molar-refractivity contribution in [1.29, 1.82) is 0 Å². The van der Waals surface area contributed by atoms with E-state index >= 15 is 0 Å². The highest BCUT2D eigenvalue weighted by molar-refractivity contribution is 7.17. The van der Waals surface area contributed by atoms with E-state index in [0.717, 1.165) is 30.9 Å². The first-order valence-electron chi connectivity index (χ1n) is 7.62. The molecule has 0 aromatic carbocycles. The molecule has 0 saturated heterocycles. The van der Waals surface area contributed by atoms with E-state index in [2.05, 4.69) is 34.7 Å². The van der Waals surface area contributed by atoms with Gasteiger partial charge >= 0.3 is 0 Å². The molecular weight excluding hydrogens is 272 g/mol. The highest BCUT2D eigenvalue weighted by atomic mass is 32.1. The van der Waals surface area contributed by atoms with E-state index in [-0.39, 0.29) is 5.91 Å². The monoisotopic (exact) mass is 296 g/mol. The molecule has 6 heteroatoms. The number of hydrogen-bond donors (Lipinski definition) is 2. The summed E-state index contributed by atoms with van der Waals surface area (Å²) in [6.45, 7) is 5.15. The number of nitrogens with zero attached hydrogens (tertiary/aromatic N) is 2. The first-order valence-corrected chi connectivity index (χ1v) is 8.44. The maximum absolute atomic E-state index is 12.2. The fourth-order valence-electron chi connectivity index (χ4n) is 2.73. The first-order chi connectivity index (χ1) is 9.74. The molecular formula is C14H24N4OS. The molecule has 0 aliphatic heterocycles. The zero-order valence-corrected chi connectivity index (χ0v) is 13.1. The minimum Gasteiger partial charge on any atom is -0.360 e. The Balaban J connectivity index is 1.91. The lowest BCUT2D eigenvalue weighted by atomic mass is 9.83. The molecule has 1 saturated carbocycles. The lowest BCUT2D eigenvalue weighted by Crippen LogP contribution is -2.41. The van der Waals surface area contributed by atoms with Crippen molar-refractivity contribution >= 4 is 22.4 Å². The molecule has 5 nitrogen and oxygen atoms in total. The predicted molar refractivity (Wildman–Crippen MR) is 82.2 cm³/mol. The fraction of sp³-hybridized carbons (Fsp3) is 0.786. The molecule has 2 rings (SSSR count). The standard InChI is InChI=1S/C14H24N4OS/c1-3-9-15-14-18-17-13(20-14)12(19)16-11-8-6-5-7-10(11)4-2/h10-11H,3-9H2,1-2H3,(H,15,18)(H,16,19). The topological polar surface area (TPSA) is 66.9 Å². The number of carbonyl (C=O) groups excluding carboxylic acids is 1. The van der Waals surface area contributed by atoms with Gasteiger partial charge in [-0.15, -0.1) is 10.2 Å². The third kappa shape index (κ3) is 3.91. The molecule has 2 atom stereocenters. The van der Waals surface area contributed by atoms with Gasteiger partial charge < -0.3 is 10.6 Å². The third-order valence-corrected chi connectivity index (χ3v) is 4.78. The average Bonchev–Trinajstić information content (AvgIpc) is 2.94. The Morgan fingerprint density at radius 3 is 2.85 bits per heavy atom. The van der Waals surface area contributed by atoms with E-state index in [1.807, 2.05) is 0 Å². The van der Waals surface area contributed by atoms with Gasteiger partial charge in [0.1, 0.15) is 0 Å². The van der Waals surface area contributed by atoms with Crippen molar-refractivity contribution in [3.63, 3.8) is 0 Å². The molecule has 1 heterocycles. The Kier molecular flexibility index (Phi) is 5.76. The number of rotatable bonds is 6. The molecule has 1 aromatic rings. The largest absolute Gasteiger partial charge is 0.360 e. The first kappa shape index (κ1) is 15.2. The van der Waals surface area contributed by atoms with Gasteiger partial charge in [0.15, 0.2) is 0 Å². The normalized spacial score (nSPS) is 22.5.